The van der Waals surface area contributed by atoms with Gasteiger partial charge in [-0.2, -0.15) is 0 Å². The van der Waals surface area contributed by atoms with E-state index in [2.05, 4.69) is 16.8 Å². The molecule has 1 aromatic carbocycles. The van der Waals surface area contributed by atoms with E-state index in [4.69, 9.17) is 0 Å². The molecule has 0 atom stereocenters. The number of benzene rings is 1. The van der Waals surface area contributed by atoms with Gasteiger partial charge in [-0.15, -0.1) is 11.3 Å². The van der Waals surface area contributed by atoms with Crippen molar-refractivity contribution in [3.8, 4) is 0 Å². The monoisotopic (exact) mass is 275 g/mol. The van der Waals surface area contributed by atoms with Crippen molar-refractivity contribution >= 4 is 22.9 Å². The maximum atomic E-state index is 11.9. The summed E-state index contributed by atoms with van der Waals surface area (Å²) in [4.78, 5) is 13.2. The minimum absolute atomic E-state index is 0.0465. The Morgan fingerprint density at radius 2 is 2.11 bits per heavy atom. The lowest BCUT2D eigenvalue weighted by Crippen LogP contribution is -2.84. The quantitative estimate of drug-likeness (QED) is 0.862. The lowest BCUT2D eigenvalue weighted by Gasteiger charge is -2.09. The molecule has 3 N–H and O–H groups in total. The van der Waals surface area contributed by atoms with Crippen LogP contribution in [0.4, 0.5) is 5.69 Å². The molecule has 1 aromatic heterocycles. The normalized spacial score (nSPS) is 10.4. The molecule has 2 aromatic rings. The topological polar surface area (TPSA) is 45.7 Å². The number of nitrogens with one attached hydrogen (secondary N) is 1. The van der Waals surface area contributed by atoms with Crippen LogP contribution in [-0.2, 0) is 11.3 Å². The van der Waals surface area contributed by atoms with Gasteiger partial charge in [-0.3, -0.25) is 4.79 Å². The smallest absolute Gasteiger partial charge is 0.279 e. The van der Waals surface area contributed by atoms with Crippen LogP contribution >= 0.6 is 11.3 Å². The van der Waals surface area contributed by atoms with Gasteiger partial charge in [0.15, 0.2) is 6.54 Å². The minimum atomic E-state index is 0.0465. The Labute approximate surface area is 117 Å². The van der Waals surface area contributed by atoms with E-state index in [-0.39, 0.29) is 5.91 Å². The number of hydrogen-bond donors (Lipinski definition) is 2. The Balaban J connectivity index is 1.82. The van der Waals surface area contributed by atoms with Crippen LogP contribution in [0.1, 0.15) is 16.0 Å². The zero-order valence-electron chi connectivity index (χ0n) is 11.3. The van der Waals surface area contributed by atoms with Crippen molar-refractivity contribution in [2.24, 2.45) is 0 Å². The highest BCUT2D eigenvalue weighted by Gasteiger charge is 2.07. The van der Waals surface area contributed by atoms with Gasteiger partial charge >= 0.3 is 0 Å². The fraction of sp³-hybridized carbons (Fsp3) is 0.267. The minimum Gasteiger partial charge on any atom is -0.334 e. The molecule has 1 heterocycles. The summed E-state index contributed by atoms with van der Waals surface area (Å²) in [6, 6.07) is 10.1. The largest absolute Gasteiger partial charge is 0.334 e. The average Bonchev–Trinajstić information content (AvgIpc) is 2.88. The number of carbonyl (C=O) groups is 1. The first-order valence-corrected chi connectivity index (χ1v) is 7.25. The Hall–Kier alpha value is -1.65. The standard InChI is InChI=1S/C15H18N2OS/c1-11-5-3-7-14(12(11)2)17-15(18)10-16-9-13-6-4-8-19-13/h3-8,16H,9-10H2,1-2H3,(H,17,18)/p+1. The Kier molecular flexibility index (Phi) is 4.71. The molecule has 1 amide bonds. The Bertz CT molecular complexity index is 549. The summed E-state index contributed by atoms with van der Waals surface area (Å²) in [7, 11) is 0. The molecule has 0 bridgehead atoms. The summed E-state index contributed by atoms with van der Waals surface area (Å²) >= 11 is 1.72. The predicted octanol–water partition coefficient (Wildman–Crippen LogP) is 2.07. The Morgan fingerprint density at radius 1 is 1.26 bits per heavy atom. The van der Waals surface area contributed by atoms with Crippen LogP contribution in [0.2, 0.25) is 0 Å². The van der Waals surface area contributed by atoms with Gasteiger partial charge in [0.05, 0.1) is 4.88 Å². The molecule has 100 valence electrons. The second kappa shape index (κ2) is 6.50. The second-order valence-corrected chi connectivity index (χ2v) is 5.60. The van der Waals surface area contributed by atoms with Crippen molar-refractivity contribution < 1.29 is 10.1 Å². The Morgan fingerprint density at radius 3 is 2.84 bits per heavy atom. The van der Waals surface area contributed by atoms with Gasteiger partial charge < -0.3 is 10.6 Å². The second-order valence-electron chi connectivity index (χ2n) is 4.57. The third-order valence-corrected chi connectivity index (χ3v) is 4.03. The van der Waals surface area contributed by atoms with Crippen molar-refractivity contribution in [1.29, 1.82) is 0 Å². The van der Waals surface area contributed by atoms with Crippen molar-refractivity contribution in [3.63, 3.8) is 0 Å². The van der Waals surface area contributed by atoms with Crippen molar-refractivity contribution in [1.82, 2.24) is 0 Å². The maximum Gasteiger partial charge on any atom is 0.279 e. The number of anilines is 1. The van der Waals surface area contributed by atoms with Crippen molar-refractivity contribution in [2.45, 2.75) is 20.4 Å². The molecule has 19 heavy (non-hydrogen) atoms. The lowest BCUT2D eigenvalue weighted by molar-refractivity contribution is -0.659. The van der Waals surface area contributed by atoms with E-state index in [1.54, 1.807) is 11.3 Å². The molecule has 0 saturated carbocycles. The molecule has 0 saturated heterocycles. The summed E-state index contributed by atoms with van der Waals surface area (Å²) in [5, 5.41) is 7.04. The first kappa shape index (κ1) is 13.8. The third-order valence-electron chi connectivity index (χ3n) is 3.13. The molecule has 0 radical (unpaired) electrons. The van der Waals surface area contributed by atoms with Crippen molar-refractivity contribution in [3.05, 3.63) is 51.7 Å². The van der Waals surface area contributed by atoms with E-state index in [1.807, 2.05) is 43.4 Å². The number of thiophene rings is 1. The molecule has 0 aliphatic heterocycles. The zero-order chi connectivity index (χ0) is 13.7. The number of amides is 1. The number of nitrogens with two attached hydrogens (primary N) is 1. The molecular weight excluding hydrogens is 256 g/mol. The van der Waals surface area contributed by atoms with Gasteiger partial charge in [-0.1, -0.05) is 18.2 Å². The van der Waals surface area contributed by atoms with Crippen LogP contribution in [0.5, 0.6) is 0 Å². The molecule has 0 aliphatic rings. The summed E-state index contributed by atoms with van der Waals surface area (Å²) in [6.07, 6.45) is 0. The molecular formula is C15H19N2OS+. The molecule has 0 spiro atoms. The molecule has 0 unspecified atom stereocenters. The SMILES string of the molecule is Cc1cccc(NC(=O)C[NH2+]Cc2cccs2)c1C. The van der Waals surface area contributed by atoms with Crippen LogP contribution in [0.25, 0.3) is 0 Å². The fourth-order valence-electron chi connectivity index (χ4n) is 1.86. The molecule has 4 heteroatoms. The summed E-state index contributed by atoms with van der Waals surface area (Å²) in [5.41, 5.74) is 3.24. The first-order valence-electron chi connectivity index (χ1n) is 6.37. The number of rotatable bonds is 5. The van der Waals surface area contributed by atoms with E-state index in [0.717, 1.165) is 17.8 Å². The number of hydrogen-bond acceptors (Lipinski definition) is 2. The van der Waals surface area contributed by atoms with Gasteiger partial charge in [0.25, 0.3) is 5.91 Å². The van der Waals surface area contributed by atoms with Crippen LogP contribution in [0, 0.1) is 13.8 Å². The van der Waals surface area contributed by atoms with Gasteiger partial charge in [-0.05, 0) is 42.5 Å². The zero-order valence-corrected chi connectivity index (χ0v) is 12.1. The van der Waals surface area contributed by atoms with E-state index in [9.17, 15) is 4.79 Å². The van der Waals surface area contributed by atoms with Gasteiger partial charge in [-0.25, -0.2) is 0 Å². The van der Waals surface area contributed by atoms with Crippen molar-refractivity contribution in [2.75, 3.05) is 11.9 Å². The van der Waals surface area contributed by atoms with Crippen LogP contribution in [0.15, 0.2) is 35.7 Å². The van der Waals surface area contributed by atoms with Crippen LogP contribution in [0.3, 0.4) is 0 Å². The van der Waals surface area contributed by atoms with Gasteiger partial charge in [0, 0.05) is 5.69 Å². The molecule has 2 rings (SSSR count). The number of carbonyl (C=O) groups excluding carboxylic acids is 1. The lowest BCUT2D eigenvalue weighted by atomic mass is 10.1. The predicted molar refractivity (Wildman–Crippen MR) is 79.4 cm³/mol. The summed E-state index contributed by atoms with van der Waals surface area (Å²) in [6.45, 7) is 5.39. The van der Waals surface area contributed by atoms with E-state index in [0.29, 0.717) is 6.54 Å². The molecule has 3 nitrogen and oxygen atoms in total. The van der Waals surface area contributed by atoms with Gasteiger partial charge in [0.1, 0.15) is 6.54 Å². The maximum absolute atomic E-state index is 11.9. The van der Waals surface area contributed by atoms with Gasteiger partial charge in [0.2, 0.25) is 0 Å². The summed E-state index contributed by atoms with van der Waals surface area (Å²) < 4.78 is 0. The highest BCUT2D eigenvalue weighted by molar-refractivity contribution is 7.09. The van der Waals surface area contributed by atoms with E-state index >= 15 is 0 Å². The number of quaternary nitrogens is 1. The highest BCUT2D eigenvalue weighted by Crippen LogP contribution is 2.17. The average molecular weight is 275 g/mol. The van der Waals surface area contributed by atoms with E-state index < -0.39 is 0 Å². The van der Waals surface area contributed by atoms with Crippen LogP contribution in [-0.4, -0.2) is 12.5 Å². The number of aryl methyl sites for hydroxylation is 1. The molecule has 0 aliphatic carbocycles. The molecule has 0 fully saturated rings. The van der Waals surface area contributed by atoms with Crippen LogP contribution < -0.4 is 10.6 Å². The third kappa shape index (κ3) is 3.91. The fourth-order valence-corrected chi connectivity index (χ4v) is 2.57. The summed E-state index contributed by atoms with van der Waals surface area (Å²) in [5.74, 6) is 0.0465. The highest BCUT2D eigenvalue weighted by atomic mass is 32.1. The van der Waals surface area contributed by atoms with E-state index in [1.165, 1.54) is 10.4 Å². The first-order chi connectivity index (χ1) is 9.16.